The smallest absolute Gasteiger partial charge is 0.243 e. The molecule has 4 aromatic carbocycles. The fourth-order valence-electron chi connectivity index (χ4n) is 5.76. The first kappa shape index (κ1) is 32.7. The van der Waals surface area contributed by atoms with E-state index in [0.29, 0.717) is 13.1 Å². The number of amides is 1. The Hall–Kier alpha value is -4.68. The normalized spacial score (nSPS) is 16.0. The number of halogens is 3. The van der Waals surface area contributed by atoms with Gasteiger partial charge in [0.15, 0.2) is 0 Å². The predicted octanol–water partition coefficient (Wildman–Crippen LogP) is 6.15. The summed E-state index contributed by atoms with van der Waals surface area (Å²) in [5.74, 6) is -3.73. The average Bonchev–Trinajstić information content (AvgIpc) is 3.05. The third-order valence-electron chi connectivity index (χ3n) is 7.93. The highest BCUT2D eigenvalue weighted by atomic mass is 32.2. The molecule has 2 atom stereocenters. The van der Waals surface area contributed by atoms with Gasteiger partial charge in [-0.2, -0.15) is 4.31 Å². The largest absolute Gasteiger partial charge is 0.325 e. The Labute approximate surface area is 264 Å². The van der Waals surface area contributed by atoms with Gasteiger partial charge in [-0.3, -0.25) is 4.79 Å². The topological polar surface area (TPSA) is 127 Å². The molecule has 0 aliphatic carbocycles. The summed E-state index contributed by atoms with van der Waals surface area (Å²) in [5.41, 5.74) is 10.2. The van der Waals surface area contributed by atoms with Crippen LogP contribution in [0, 0.1) is 17.5 Å². The van der Waals surface area contributed by atoms with Crippen molar-refractivity contribution in [3.05, 3.63) is 142 Å². The molecule has 238 valence electrons. The summed E-state index contributed by atoms with van der Waals surface area (Å²) in [5, 5.41) is 9.58. The second kappa shape index (κ2) is 14.6. The summed E-state index contributed by atoms with van der Waals surface area (Å²) in [6, 6.07) is 20.9. The maximum atomic E-state index is 15.3. The minimum absolute atomic E-state index is 0.0683. The van der Waals surface area contributed by atoms with Crippen molar-refractivity contribution in [3.8, 4) is 0 Å². The number of carbonyl (C=O) groups excluding carboxylic acids is 1. The van der Waals surface area contributed by atoms with Crippen LogP contribution >= 0.6 is 0 Å². The van der Waals surface area contributed by atoms with Crippen molar-refractivity contribution >= 4 is 21.6 Å². The first-order valence-electron chi connectivity index (χ1n) is 14.6. The van der Waals surface area contributed by atoms with Gasteiger partial charge in [-0.05, 0) is 78.0 Å². The highest BCUT2D eigenvalue weighted by Gasteiger charge is 2.34. The molecule has 0 saturated carbocycles. The summed E-state index contributed by atoms with van der Waals surface area (Å²) in [6.45, 7) is 1.05. The van der Waals surface area contributed by atoms with Crippen LogP contribution < -0.4 is 10.6 Å². The van der Waals surface area contributed by atoms with Crippen LogP contribution in [0.2, 0.25) is 0 Å². The molecule has 9 nitrogen and oxygen atoms in total. The Morgan fingerprint density at radius 1 is 0.957 bits per heavy atom. The molecule has 2 N–H and O–H groups in total. The van der Waals surface area contributed by atoms with Crippen molar-refractivity contribution in [2.24, 2.45) is 5.11 Å². The quantitative estimate of drug-likeness (QED) is 0.115. The summed E-state index contributed by atoms with van der Waals surface area (Å²) in [6.07, 6.45) is 0.302. The zero-order valence-corrected chi connectivity index (χ0v) is 25.4. The summed E-state index contributed by atoms with van der Waals surface area (Å²) < 4.78 is 72.2. The molecule has 4 aromatic rings. The van der Waals surface area contributed by atoms with E-state index in [1.807, 2.05) is 0 Å². The van der Waals surface area contributed by atoms with E-state index in [0.717, 1.165) is 0 Å². The molecule has 1 saturated heterocycles. The van der Waals surface area contributed by atoms with Crippen molar-refractivity contribution in [2.75, 3.05) is 25.0 Å². The van der Waals surface area contributed by atoms with Gasteiger partial charge in [0.05, 0.1) is 4.90 Å². The zero-order valence-electron chi connectivity index (χ0n) is 24.6. The van der Waals surface area contributed by atoms with Crippen LogP contribution in [0.3, 0.4) is 0 Å². The van der Waals surface area contributed by atoms with E-state index in [-0.39, 0.29) is 46.7 Å². The van der Waals surface area contributed by atoms with Gasteiger partial charge in [0, 0.05) is 47.8 Å². The molecule has 1 fully saturated rings. The van der Waals surface area contributed by atoms with E-state index in [2.05, 4.69) is 20.7 Å². The van der Waals surface area contributed by atoms with Gasteiger partial charge in [-0.15, -0.1) is 0 Å². The lowest BCUT2D eigenvalue weighted by molar-refractivity contribution is -0.117. The third-order valence-corrected chi connectivity index (χ3v) is 9.89. The van der Waals surface area contributed by atoms with Crippen LogP contribution in [0.1, 0.15) is 29.0 Å². The maximum Gasteiger partial charge on any atom is 0.243 e. The molecule has 0 unspecified atom stereocenters. The van der Waals surface area contributed by atoms with Crippen LogP contribution in [0.25, 0.3) is 10.4 Å². The highest BCUT2D eigenvalue weighted by molar-refractivity contribution is 7.89. The van der Waals surface area contributed by atoms with E-state index < -0.39 is 51.4 Å². The second-order valence-electron chi connectivity index (χ2n) is 10.8. The van der Waals surface area contributed by atoms with Crippen LogP contribution in [0.4, 0.5) is 18.9 Å². The Kier molecular flexibility index (Phi) is 10.4. The molecule has 0 spiro atoms. The second-order valence-corrected chi connectivity index (χ2v) is 12.7. The third kappa shape index (κ3) is 7.40. The number of sulfonamides is 1. The SMILES string of the molecule is [N-]=[N+]=N[C@H](C(=O)Nc1cccc(F)c1CC[C@H]1CNCCN1S(=O)(=O)c1ccccc1)C(c1cccc(F)c1)c1cccc(F)c1. The monoisotopic (exact) mass is 648 g/mol. The number of rotatable bonds is 11. The molecule has 0 radical (unpaired) electrons. The first-order chi connectivity index (χ1) is 22.2. The molecule has 1 aliphatic heterocycles. The first-order valence-corrected chi connectivity index (χ1v) is 16.0. The molecular formula is C33H31F3N6O3S. The number of nitrogens with one attached hydrogen (secondary N) is 2. The van der Waals surface area contributed by atoms with Crippen LogP contribution in [0.15, 0.2) is 107 Å². The van der Waals surface area contributed by atoms with E-state index in [9.17, 15) is 27.5 Å². The molecule has 13 heteroatoms. The Morgan fingerprint density at radius 2 is 1.61 bits per heavy atom. The number of benzene rings is 4. The number of nitrogens with zero attached hydrogens (tertiary/aromatic N) is 4. The van der Waals surface area contributed by atoms with Gasteiger partial charge in [0.2, 0.25) is 15.9 Å². The number of azide groups is 1. The van der Waals surface area contributed by atoms with Gasteiger partial charge >= 0.3 is 0 Å². The van der Waals surface area contributed by atoms with Crippen molar-refractivity contribution in [1.82, 2.24) is 9.62 Å². The molecule has 0 bridgehead atoms. The summed E-state index contributed by atoms with van der Waals surface area (Å²) in [7, 11) is -3.81. The minimum atomic E-state index is -3.81. The number of hydrogen-bond donors (Lipinski definition) is 2. The number of carbonyl (C=O) groups is 1. The predicted molar refractivity (Wildman–Crippen MR) is 168 cm³/mol. The molecule has 1 heterocycles. The van der Waals surface area contributed by atoms with E-state index >= 15 is 4.39 Å². The molecule has 5 rings (SSSR count). The highest BCUT2D eigenvalue weighted by Crippen LogP contribution is 2.33. The fraction of sp³-hybridized carbons (Fsp3) is 0.242. The molecule has 0 aromatic heterocycles. The average molecular weight is 649 g/mol. The summed E-state index contributed by atoms with van der Waals surface area (Å²) in [4.78, 5) is 16.8. The van der Waals surface area contributed by atoms with Gasteiger partial charge in [0.25, 0.3) is 0 Å². The van der Waals surface area contributed by atoms with Gasteiger partial charge in [-0.25, -0.2) is 21.6 Å². The van der Waals surface area contributed by atoms with E-state index in [4.69, 9.17) is 0 Å². The van der Waals surface area contributed by atoms with Crippen LogP contribution in [-0.2, 0) is 21.2 Å². The van der Waals surface area contributed by atoms with Crippen LogP contribution in [-0.4, -0.2) is 50.3 Å². The Morgan fingerprint density at radius 3 is 2.24 bits per heavy atom. The standard InChI is InChI=1S/C33H31F3N6O3S/c34-24-9-4-7-22(19-24)31(23-8-5-10-25(35)20-23)32(40-41-37)33(43)39-30-14-6-13-29(36)28(30)16-15-26-21-38-17-18-42(26)46(44,45)27-11-2-1-3-12-27/h1-14,19-20,26,31-32,38H,15-18,21H2,(H,39,43)/t26-,32-/m0/s1. The number of hydrogen-bond acceptors (Lipinski definition) is 5. The lowest BCUT2D eigenvalue weighted by Crippen LogP contribution is -2.53. The lowest BCUT2D eigenvalue weighted by atomic mass is 9.84. The van der Waals surface area contributed by atoms with Crippen molar-refractivity contribution < 1.29 is 26.4 Å². The maximum absolute atomic E-state index is 15.3. The molecule has 46 heavy (non-hydrogen) atoms. The molecular weight excluding hydrogens is 617 g/mol. The lowest BCUT2D eigenvalue weighted by Gasteiger charge is -2.35. The van der Waals surface area contributed by atoms with Gasteiger partial charge in [-0.1, -0.05) is 53.6 Å². The minimum Gasteiger partial charge on any atom is -0.325 e. The van der Waals surface area contributed by atoms with Crippen molar-refractivity contribution in [2.45, 2.75) is 35.7 Å². The molecule has 1 aliphatic rings. The number of anilines is 1. The van der Waals surface area contributed by atoms with E-state index in [1.54, 1.807) is 18.2 Å². The Bertz CT molecular complexity index is 1810. The Balaban J connectivity index is 1.42. The zero-order chi connectivity index (χ0) is 32.7. The van der Waals surface area contributed by atoms with Crippen molar-refractivity contribution in [1.29, 1.82) is 0 Å². The summed E-state index contributed by atoms with van der Waals surface area (Å²) >= 11 is 0. The van der Waals surface area contributed by atoms with Gasteiger partial charge < -0.3 is 10.6 Å². The van der Waals surface area contributed by atoms with E-state index in [1.165, 1.54) is 83.2 Å². The number of piperazine rings is 1. The van der Waals surface area contributed by atoms with Gasteiger partial charge in [0.1, 0.15) is 23.5 Å². The van der Waals surface area contributed by atoms with Crippen molar-refractivity contribution in [3.63, 3.8) is 0 Å². The van der Waals surface area contributed by atoms with Crippen LogP contribution in [0.5, 0.6) is 0 Å². The fourth-order valence-corrected chi connectivity index (χ4v) is 7.44. The molecule has 1 amide bonds.